The zero-order valence-electron chi connectivity index (χ0n) is 17.0. The van der Waals surface area contributed by atoms with E-state index in [0.29, 0.717) is 42.5 Å². The maximum absolute atomic E-state index is 9.47. The highest BCUT2D eigenvalue weighted by molar-refractivity contribution is 5.79. The molecule has 150 valence electrons. The molecule has 0 unspecified atom stereocenters. The van der Waals surface area contributed by atoms with Gasteiger partial charge in [-0.15, -0.1) is 0 Å². The summed E-state index contributed by atoms with van der Waals surface area (Å²) in [5, 5.41) is 20.5. The van der Waals surface area contributed by atoms with Crippen LogP contribution in [0.25, 0.3) is 5.69 Å². The van der Waals surface area contributed by atoms with Crippen molar-refractivity contribution >= 4 is 11.8 Å². The first-order chi connectivity index (χ1) is 13.4. The molecule has 0 amide bonds. The number of aliphatic imine (C=N–C) groups is 1. The molecule has 0 spiro atoms. The van der Waals surface area contributed by atoms with Crippen LogP contribution in [0.5, 0.6) is 0 Å². The van der Waals surface area contributed by atoms with Crippen LogP contribution < -0.4 is 16.4 Å². The molecule has 1 aromatic carbocycles. The number of nitriles is 1. The van der Waals surface area contributed by atoms with Crippen molar-refractivity contribution in [3.8, 4) is 11.8 Å². The predicted molar refractivity (Wildman–Crippen MR) is 111 cm³/mol. The summed E-state index contributed by atoms with van der Waals surface area (Å²) in [6.45, 7) is 5.34. The number of nitrogens with zero attached hydrogens (tertiary/aromatic N) is 4. The molecule has 4 N–H and O–H groups in total. The van der Waals surface area contributed by atoms with Gasteiger partial charge in [-0.3, -0.25) is 4.99 Å². The summed E-state index contributed by atoms with van der Waals surface area (Å²) in [6.07, 6.45) is 1.43. The Labute approximate surface area is 166 Å². The highest BCUT2D eigenvalue weighted by Gasteiger charge is 2.17. The lowest BCUT2D eigenvalue weighted by atomic mass is 10.1. The predicted octanol–water partition coefficient (Wildman–Crippen LogP) is 1.85. The number of hydrogen-bond donors (Lipinski definition) is 3. The second-order valence-corrected chi connectivity index (χ2v) is 6.99. The first kappa shape index (κ1) is 21.3. The highest BCUT2D eigenvalue weighted by atomic mass is 16.5. The van der Waals surface area contributed by atoms with Crippen LogP contribution in [0, 0.1) is 11.3 Å². The summed E-state index contributed by atoms with van der Waals surface area (Å²) in [7, 11) is 3.41. The Morgan fingerprint density at radius 3 is 2.64 bits per heavy atom. The van der Waals surface area contributed by atoms with E-state index in [0.717, 1.165) is 12.1 Å². The lowest BCUT2D eigenvalue weighted by Gasteiger charge is -2.24. The van der Waals surface area contributed by atoms with Crippen LogP contribution in [0.4, 0.5) is 5.82 Å². The molecule has 2 aromatic rings. The summed E-state index contributed by atoms with van der Waals surface area (Å²) < 4.78 is 7.01. The molecule has 0 atom stereocenters. The number of guanidine groups is 1. The Morgan fingerprint density at radius 2 is 2.04 bits per heavy atom. The van der Waals surface area contributed by atoms with Gasteiger partial charge in [0.15, 0.2) is 5.96 Å². The summed E-state index contributed by atoms with van der Waals surface area (Å²) in [5.41, 5.74) is 7.84. The molecular weight excluding hydrogens is 354 g/mol. The molecule has 0 radical (unpaired) electrons. The third kappa shape index (κ3) is 5.47. The number of anilines is 1. The fourth-order valence-electron chi connectivity index (χ4n) is 2.59. The van der Waals surface area contributed by atoms with E-state index in [9.17, 15) is 5.26 Å². The van der Waals surface area contributed by atoms with E-state index in [1.54, 1.807) is 18.8 Å². The zero-order chi connectivity index (χ0) is 20.6. The van der Waals surface area contributed by atoms with E-state index in [1.165, 1.54) is 0 Å². The van der Waals surface area contributed by atoms with Crippen LogP contribution in [0.2, 0.25) is 0 Å². The molecule has 0 aliphatic heterocycles. The quantitative estimate of drug-likeness (QED) is 0.364. The normalized spacial score (nSPS) is 11.9. The molecule has 28 heavy (non-hydrogen) atoms. The first-order valence-corrected chi connectivity index (χ1v) is 9.24. The van der Waals surface area contributed by atoms with Crippen molar-refractivity contribution in [1.29, 1.82) is 5.26 Å². The molecule has 0 aliphatic rings. The second kappa shape index (κ2) is 9.76. The van der Waals surface area contributed by atoms with Gasteiger partial charge in [0.1, 0.15) is 17.5 Å². The standard InChI is InChI=1S/C20H29N7O/c1-20(2,28-4)14-25-19(23-3)24-12-8-11-17-16(13-21)18(22)27(26-17)15-9-6-5-7-10-15/h5-7,9-10H,8,11-12,14,22H2,1-4H3,(H2,23,24,25). The molecule has 0 saturated heterocycles. The molecule has 0 saturated carbocycles. The number of nitrogens with two attached hydrogens (primary N) is 1. The smallest absolute Gasteiger partial charge is 0.191 e. The van der Waals surface area contributed by atoms with Crippen LogP contribution in [0.15, 0.2) is 35.3 Å². The van der Waals surface area contributed by atoms with Crippen molar-refractivity contribution < 1.29 is 4.74 Å². The van der Waals surface area contributed by atoms with E-state index in [1.807, 2.05) is 44.2 Å². The van der Waals surface area contributed by atoms with Gasteiger partial charge in [0, 0.05) is 27.2 Å². The monoisotopic (exact) mass is 383 g/mol. The van der Waals surface area contributed by atoms with Crippen molar-refractivity contribution in [2.24, 2.45) is 4.99 Å². The van der Waals surface area contributed by atoms with E-state index < -0.39 is 0 Å². The topological polar surface area (TPSA) is 113 Å². The number of aromatic nitrogens is 2. The number of rotatable bonds is 8. The number of ether oxygens (including phenoxy) is 1. The fourth-order valence-corrected chi connectivity index (χ4v) is 2.59. The lowest BCUT2D eigenvalue weighted by molar-refractivity contribution is 0.0268. The van der Waals surface area contributed by atoms with Crippen LogP contribution in [0.1, 0.15) is 31.5 Å². The Bertz CT molecular complexity index is 834. The number of nitrogen functional groups attached to an aromatic ring is 1. The molecule has 8 heteroatoms. The van der Waals surface area contributed by atoms with Gasteiger partial charge in [-0.1, -0.05) is 18.2 Å². The average Bonchev–Trinajstić information content (AvgIpc) is 3.03. The molecule has 1 aromatic heterocycles. The molecule has 8 nitrogen and oxygen atoms in total. The van der Waals surface area contributed by atoms with E-state index in [4.69, 9.17) is 10.5 Å². The van der Waals surface area contributed by atoms with Crippen molar-refractivity contribution in [1.82, 2.24) is 20.4 Å². The number of methoxy groups -OCH3 is 1. The Hall–Kier alpha value is -3.05. The number of para-hydroxylation sites is 1. The van der Waals surface area contributed by atoms with E-state index >= 15 is 0 Å². The minimum Gasteiger partial charge on any atom is -0.382 e. The van der Waals surface area contributed by atoms with Gasteiger partial charge in [-0.25, -0.2) is 4.68 Å². The zero-order valence-corrected chi connectivity index (χ0v) is 17.0. The van der Waals surface area contributed by atoms with Crippen LogP contribution in [-0.2, 0) is 11.2 Å². The van der Waals surface area contributed by atoms with Crippen LogP contribution >= 0.6 is 0 Å². The molecular formula is C20H29N7O. The lowest BCUT2D eigenvalue weighted by Crippen LogP contribution is -2.45. The summed E-state index contributed by atoms with van der Waals surface area (Å²) in [5.74, 6) is 1.08. The third-order valence-corrected chi connectivity index (χ3v) is 4.45. The summed E-state index contributed by atoms with van der Waals surface area (Å²) in [6, 6.07) is 11.7. The first-order valence-electron chi connectivity index (χ1n) is 9.24. The van der Waals surface area contributed by atoms with Crippen molar-refractivity contribution in [2.75, 3.05) is 33.0 Å². The largest absolute Gasteiger partial charge is 0.382 e. The summed E-state index contributed by atoms with van der Waals surface area (Å²) in [4.78, 5) is 4.21. The SMILES string of the molecule is CN=C(NCCCc1nn(-c2ccccc2)c(N)c1C#N)NCC(C)(C)OC. The molecule has 0 fully saturated rings. The molecule has 0 bridgehead atoms. The van der Waals surface area contributed by atoms with Gasteiger partial charge in [0.05, 0.1) is 17.0 Å². The highest BCUT2D eigenvalue weighted by Crippen LogP contribution is 2.21. The van der Waals surface area contributed by atoms with Gasteiger partial charge in [0.25, 0.3) is 0 Å². The third-order valence-electron chi connectivity index (χ3n) is 4.45. The van der Waals surface area contributed by atoms with Gasteiger partial charge < -0.3 is 21.1 Å². The average molecular weight is 384 g/mol. The maximum Gasteiger partial charge on any atom is 0.191 e. The van der Waals surface area contributed by atoms with E-state index in [-0.39, 0.29) is 5.60 Å². The number of hydrogen-bond acceptors (Lipinski definition) is 5. The second-order valence-electron chi connectivity index (χ2n) is 6.99. The minimum atomic E-state index is -0.277. The van der Waals surface area contributed by atoms with Crippen LogP contribution in [0.3, 0.4) is 0 Å². The minimum absolute atomic E-state index is 0.277. The molecule has 2 rings (SSSR count). The Kier molecular flexibility index (Phi) is 7.41. The van der Waals surface area contributed by atoms with Crippen molar-refractivity contribution in [2.45, 2.75) is 32.3 Å². The summed E-state index contributed by atoms with van der Waals surface area (Å²) >= 11 is 0. The number of benzene rings is 1. The van der Waals surface area contributed by atoms with Crippen molar-refractivity contribution in [3.05, 3.63) is 41.6 Å². The van der Waals surface area contributed by atoms with Crippen LogP contribution in [-0.4, -0.2) is 48.6 Å². The number of aryl methyl sites for hydroxylation is 1. The van der Waals surface area contributed by atoms with E-state index in [2.05, 4.69) is 26.8 Å². The van der Waals surface area contributed by atoms with Gasteiger partial charge in [-0.05, 0) is 38.8 Å². The molecule has 1 heterocycles. The fraction of sp³-hybridized carbons (Fsp3) is 0.450. The number of nitrogens with one attached hydrogen (secondary N) is 2. The maximum atomic E-state index is 9.47. The Balaban J connectivity index is 1.93. The van der Waals surface area contributed by atoms with Gasteiger partial charge in [-0.2, -0.15) is 10.4 Å². The Morgan fingerprint density at radius 1 is 1.32 bits per heavy atom. The van der Waals surface area contributed by atoms with Gasteiger partial charge >= 0.3 is 0 Å². The molecule has 0 aliphatic carbocycles. The van der Waals surface area contributed by atoms with Crippen molar-refractivity contribution in [3.63, 3.8) is 0 Å². The van der Waals surface area contributed by atoms with Gasteiger partial charge in [0.2, 0.25) is 0 Å².